The second kappa shape index (κ2) is 15.8. The molecule has 1 N–H and O–H groups in total. The maximum atomic E-state index is 11.7. The van der Waals surface area contributed by atoms with Gasteiger partial charge in [-0.25, -0.2) is 0 Å². The van der Waals surface area contributed by atoms with Gasteiger partial charge in [0.05, 0.1) is 52.9 Å². The van der Waals surface area contributed by atoms with Gasteiger partial charge in [0.25, 0.3) is 0 Å². The zero-order valence-electron chi connectivity index (χ0n) is 25.6. The first kappa shape index (κ1) is 31.7. The molecule has 0 spiro atoms. The first-order chi connectivity index (χ1) is 21.6. The molecule has 5 rings (SSSR count). The molecule has 0 heterocycles. The predicted molar refractivity (Wildman–Crippen MR) is 168 cm³/mol. The van der Waals surface area contributed by atoms with Crippen molar-refractivity contribution in [2.45, 2.75) is 63.9 Å². The van der Waals surface area contributed by atoms with Crippen molar-refractivity contribution in [2.75, 3.05) is 14.2 Å². The van der Waals surface area contributed by atoms with E-state index in [9.17, 15) is 5.11 Å². The third kappa shape index (κ3) is 8.25. The molecule has 44 heavy (non-hydrogen) atoms. The van der Waals surface area contributed by atoms with Gasteiger partial charge >= 0.3 is 0 Å². The van der Waals surface area contributed by atoms with Crippen LogP contribution in [0.5, 0.6) is 11.5 Å². The SMILES string of the molecule is COc1ccc(CO[C@@H]2[C@@H](OCc3ccccc3)[C@@H](OCc3ccccc3)[C@@H](C)[C@H](O)[C@H]2OCc2ccc(OC)cc2)cc1. The van der Waals surface area contributed by atoms with Crippen molar-refractivity contribution in [1.29, 1.82) is 0 Å². The lowest BCUT2D eigenvalue weighted by Gasteiger charge is -2.48. The molecule has 1 aliphatic carbocycles. The number of benzene rings is 4. The Hall–Kier alpha value is -3.72. The summed E-state index contributed by atoms with van der Waals surface area (Å²) in [5, 5.41) is 11.7. The second-order valence-electron chi connectivity index (χ2n) is 11.1. The lowest BCUT2D eigenvalue weighted by Crippen LogP contribution is -2.63. The van der Waals surface area contributed by atoms with Gasteiger partial charge in [-0.15, -0.1) is 0 Å². The topological polar surface area (TPSA) is 75.6 Å². The van der Waals surface area contributed by atoms with Crippen LogP contribution in [0.3, 0.4) is 0 Å². The highest BCUT2D eigenvalue weighted by Gasteiger charge is 2.51. The van der Waals surface area contributed by atoms with Crippen molar-refractivity contribution in [3.8, 4) is 11.5 Å². The van der Waals surface area contributed by atoms with Gasteiger partial charge in [0.2, 0.25) is 0 Å². The van der Waals surface area contributed by atoms with Crippen molar-refractivity contribution in [2.24, 2.45) is 5.92 Å². The zero-order valence-corrected chi connectivity index (χ0v) is 25.6. The van der Waals surface area contributed by atoms with E-state index in [0.29, 0.717) is 26.4 Å². The Labute approximate surface area is 260 Å². The van der Waals surface area contributed by atoms with Crippen molar-refractivity contribution in [1.82, 2.24) is 0 Å². The van der Waals surface area contributed by atoms with E-state index in [-0.39, 0.29) is 5.92 Å². The summed E-state index contributed by atoms with van der Waals surface area (Å²) in [4.78, 5) is 0. The van der Waals surface area contributed by atoms with Gasteiger partial charge < -0.3 is 33.5 Å². The first-order valence-corrected chi connectivity index (χ1v) is 15.0. The van der Waals surface area contributed by atoms with Crippen LogP contribution in [0.15, 0.2) is 109 Å². The monoisotopic (exact) mass is 598 g/mol. The van der Waals surface area contributed by atoms with Gasteiger partial charge in [0, 0.05) is 5.92 Å². The van der Waals surface area contributed by atoms with Crippen LogP contribution in [0.4, 0.5) is 0 Å². The van der Waals surface area contributed by atoms with E-state index in [2.05, 4.69) is 0 Å². The number of rotatable bonds is 14. The fourth-order valence-electron chi connectivity index (χ4n) is 5.54. The zero-order chi connectivity index (χ0) is 30.7. The maximum Gasteiger partial charge on any atom is 0.118 e. The standard InChI is InChI=1S/C37H42O7/c1-26-33(38)35(42-24-29-14-18-31(39-2)19-15-29)37(44-25-30-16-20-32(40-3)21-17-30)36(43-23-28-12-8-5-9-13-28)34(26)41-22-27-10-6-4-7-11-27/h4-21,26,33-38H,22-25H2,1-3H3/t26-,33-,34-,35+,36-,37-/m0/s1. The van der Waals surface area contributed by atoms with Gasteiger partial charge in [0.15, 0.2) is 0 Å². The lowest BCUT2D eigenvalue weighted by molar-refractivity contribution is -0.258. The molecule has 232 valence electrons. The Morgan fingerprint density at radius 2 is 0.795 bits per heavy atom. The normalized spacial score (nSPS) is 23.3. The van der Waals surface area contributed by atoms with Crippen LogP contribution >= 0.6 is 0 Å². The molecule has 0 unspecified atom stereocenters. The molecule has 0 bridgehead atoms. The van der Waals surface area contributed by atoms with E-state index in [0.717, 1.165) is 33.8 Å². The molecule has 0 aliphatic heterocycles. The van der Waals surface area contributed by atoms with E-state index >= 15 is 0 Å². The van der Waals surface area contributed by atoms with Crippen molar-refractivity contribution < 1.29 is 33.5 Å². The Bertz CT molecular complexity index is 1380. The number of hydrogen-bond donors (Lipinski definition) is 1. The van der Waals surface area contributed by atoms with Gasteiger partial charge in [0.1, 0.15) is 29.8 Å². The van der Waals surface area contributed by atoms with E-state index < -0.39 is 30.5 Å². The van der Waals surface area contributed by atoms with Crippen molar-refractivity contribution >= 4 is 0 Å². The number of hydrogen-bond acceptors (Lipinski definition) is 7. The molecule has 0 saturated heterocycles. The van der Waals surface area contributed by atoms with E-state index in [1.165, 1.54) is 0 Å². The van der Waals surface area contributed by atoms with Crippen molar-refractivity contribution in [3.63, 3.8) is 0 Å². The van der Waals surface area contributed by atoms with Crippen LogP contribution < -0.4 is 9.47 Å². The molecule has 4 aromatic carbocycles. The van der Waals surface area contributed by atoms with Crippen molar-refractivity contribution in [3.05, 3.63) is 131 Å². The quantitative estimate of drug-likeness (QED) is 0.181. The summed E-state index contributed by atoms with van der Waals surface area (Å²) in [6, 6.07) is 35.5. The van der Waals surface area contributed by atoms with Crippen LogP contribution in [-0.4, -0.2) is 49.8 Å². The molecule has 0 amide bonds. The lowest BCUT2D eigenvalue weighted by atomic mass is 9.78. The van der Waals surface area contributed by atoms with Gasteiger partial charge in [-0.05, 0) is 46.5 Å². The van der Waals surface area contributed by atoms with E-state index in [1.807, 2.05) is 116 Å². The van der Waals surface area contributed by atoms with Crippen LogP contribution in [0.25, 0.3) is 0 Å². The molecule has 6 atom stereocenters. The van der Waals surface area contributed by atoms with Crippen LogP contribution in [0.1, 0.15) is 29.2 Å². The summed E-state index contributed by atoms with van der Waals surface area (Å²) in [5.41, 5.74) is 4.02. The largest absolute Gasteiger partial charge is 0.497 e. The Morgan fingerprint density at radius 1 is 0.455 bits per heavy atom. The fraction of sp³-hybridized carbons (Fsp3) is 0.351. The minimum atomic E-state index is -0.855. The van der Waals surface area contributed by atoms with Gasteiger partial charge in [-0.1, -0.05) is 91.9 Å². The molecule has 0 aromatic heterocycles. The summed E-state index contributed by atoms with van der Waals surface area (Å²) >= 11 is 0. The molecular weight excluding hydrogens is 556 g/mol. The minimum absolute atomic E-state index is 0.291. The van der Waals surface area contributed by atoms with Crippen LogP contribution in [0.2, 0.25) is 0 Å². The smallest absolute Gasteiger partial charge is 0.118 e. The average Bonchev–Trinajstić information content (AvgIpc) is 3.08. The number of methoxy groups -OCH3 is 2. The van der Waals surface area contributed by atoms with E-state index in [4.69, 9.17) is 28.4 Å². The van der Waals surface area contributed by atoms with Gasteiger partial charge in [-0.2, -0.15) is 0 Å². The molecule has 1 aliphatic rings. The average molecular weight is 599 g/mol. The first-order valence-electron chi connectivity index (χ1n) is 15.0. The fourth-order valence-corrected chi connectivity index (χ4v) is 5.54. The van der Waals surface area contributed by atoms with E-state index in [1.54, 1.807) is 14.2 Å². The summed E-state index contributed by atoms with van der Waals surface area (Å²) in [7, 11) is 3.28. The molecule has 4 aromatic rings. The summed E-state index contributed by atoms with van der Waals surface area (Å²) in [5.74, 6) is 1.25. The number of aliphatic hydroxyl groups is 1. The van der Waals surface area contributed by atoms with Crippen LogP contribution in [-0.2, 0) is 45.4 Å². The highest BCUT2D eigenvalue weighted by atomic mass is 16.6. The summed E-state index contributed by atoms with van der Waals surface area (Å²) < 4.78 is 37.0. The maximum absolute atomic E-state index is 11.7. The molecule has 7 nitrogen and oxygen atoms in total. The Balaban J connectivity index is 1.42. The van der Waals surface area contributed by atoms with Crippen LogP contribution in [0, 0.1) is 5.92 Å². The Morgan fingerprint density at radius 3 is 1.20 bits per heavy atom. The third-order valence-electron chi connectivity index (χ3n) is 8.14. The molecule has 7 heteroatoms. The number of ether oxygens (including phenoxy) is 6. The molecule has 1 saturated carbocycles. The summed E-state index contributed by atoms with van der Waals surface area (Å²) in [6.45, 7) is 3.34. The number of aliphatic hydroxyl groups excluding tert-OH is 1. The third-order valence-corrected chi connectivity index (χ3v) is 8.14. The predicted octanol–water partition coefficient (Wildman–Crippen LogP) is 6.36. The second-order valence-corrected chi connectivity index (χ2v) is 11.1. The Kier molecular flexibility index (Phi) is 11.4. The summed E-state index contributed by atoms with van der Waals surface area (Å²) in [6.07, 6.45) is -3.10. The highest BCUT2D eigenvalue weighted by molar-refractivity contribution is 5.27. The molecule has 1 fully saturated rings. The van der Waals surface area contributed by atoms with Gasteiger partial charge in [-0.3, -0.25) is 0 Å². The molecular formula is C37H42O7. The molecule has 0 radical (unpaired) electrons. The minimum Gasteiger partial charge on any atom is -0.497 e. The highest BCUT2D eigenvalue weighted by Crippen LogP contribution is 2.36.